The highest BCUT2D eigenvalue weighted by molar-refractivity contribution is 8.00. The van der Waals surface area contributed by atoms with Crippen LogP contribution in [0.15, 0.2) is 65.7 Å². The number of aryl methyl sites for hydroxylation is 1. The molecule has 0 saturated heterocycles. The van der Waals surface area contributed by atoms with Gasteiger partial charge in [-0.2, -0.15) is 0 Å². The van der Waals surface area contributed by atoms with E-state index in [0.29, 0.717) is 21.8 Å². The lowest BCUT2D eigenvalue weighted by molar-refractivity contribution is 0.103. The quantitative estimate of drug-likeness (QED) is 0.371. The summed E-state index contributed by atoms with van der Waals surface area (Å²) in [5.74, 6) is 0.701. The average molecular weight is 413 g/mol. The van der Waals surface area contributed by atoms with E-state index in [2.05, 4.69) is 9.71 Å². The van der Waals surface area contributed by atoms with Gasteiger partial charge < -0.3 is 9.46 Å². The molecule has 1 N–H and O–H groups in total. The van der Waals surface area contributed by atoms with Gasteiger partial charge in [0.05, 0.1) is 11.8 Å². The Morgan fingerprint density at radius 1 is 1.11 bits per heavy atom. The van der Waals surface area contributed by atoms with Gasteiger partial charge in [0.15, 0.2) is 5.78 Å². The van der Waals surface area contributed by atoms with Crippen molar-refractivity contribution in [1.29, 1.82) is 0 Å². The standard InChI is InChI=1S/C22H21ClN2O2S/c1-14(2)27-18-7-9-19(10-8-18)28-25-21-11-6-17(23)12-20(21)22(26)16-5-4-15(3)24-13-16/h4-14,25H,1-3H3. The summed E-state index contributed by atoms with van der Waals surface area (Å²) in [7, 11) is 0. The van der Waals surface area contributed by atoms with E-state index in [1.165, 1.54) is 11.9 Å². The van der Waals surface area contributed by atoms with Crippen LogP contribution in [0.25, 0.3) is 0 Å². The number of anilines is 1. The van der Waals surface area contributed by atoms with Crippen molar-refractivity contribution in [2.45, 2.75) is 31.8 Å². The van der Waals surface area contributed by atoms with Crippen molar-refractivity contribution in [3.63, 3.8) is 0 Å². The molecule has 0 radical (unpaired) electrons. The van der Waals surface area contributed by atoms with Gasteiger partial charge >= 0.3 is 0 Å². The Balaban J connectivity index is 1.77. The van der Waals surface area contributed by atoms with Gasteiger partial charge in [0.25, 0.3) is 0 Å². The molecular weight excluding hydrogens is 392 g/mol. The molecular formula is C22H21ClN2O2S. The number of carbonyl (C=O) groups is 1. The zero-order valence-electron chi connectivity index (χ0n) is 15.9. The molecule has 4 nitrogen and oxygen atoms in total. The fourth-order valence-electron chi connectivity index (χ4n) is 2.52. The number of carbonyl (C=O) groups excluding carboxylic acids is 1. The summed E-state index contributed by atoms with van der Waals surface area (Å²) in [6.45, 7) is 5.87. The fraction of sp³-hybridized carbons (Fsp3) is 0.182. The van der Waals surface area contributed by atoms with E-state index >= 15 is 0 Å². The van der Waals surface area contributed by atoms with E-state index in [9.17, 15) is 4.79 Å². The van der Waals surface area contributed by atoms with Gasteiger partial charge in [0, 0.05) is 32.9 Å². The summed E-state index contributed by atoms with van der Waals surface area (Å²) in [6.07, 6.45) is 1.72. The first-order valence-electron chi connectivity index (χ1n) is 8.89. The molecule has 0 bridgehead atoms. The van der Waals surface area contributed by atoms with Crippen molar-refractivity contribution < 1.29 is 9.53 Å². The van der Waals surface area contributed by atoms with Crippen molar-refractivity contribution in [3.8, 4) is 5.75 Å². The monoisotopic (exact) mass is 412 g/mol. The van der Waals surface area contributed by atoms with Crippen LogP contribution in [0.1, 0.15) is 35.5 Å². The number of pyridine rings is 1. The topological polar surface area (TPSA) is 51.2 Å². The molecule has 0 aliphatic heterocycles. The van der Waals surface area contributed by atoms with Crippen LogP contribution in [-0.2, 0) is 0 Å². The maximum atomic E-state index is 12.9. The minimum Gasteiger partial charge on any atom is -0.491 e. The molecule has 3 aromatic rings. The van der Waals surface area contributed by atoms with Crippen LogP contribution in [0.2, 0.25) is 5.02 Å². The van der Waals surface area contributed by atoms with Gasteiger partial charge in [-0.05, 0) is 87.3 Å². The van der Waals surface area contributed by atoms with Crippen molar-refractivity contribution in [2.75, 3.05) is 4.72 Å². The number of ketones is 1. The molecule has 0 unspecified atom stereocenters. The van der Waals surface area contributed by atoms with Gasteiger partial charge in [-0.3, -0.25) is 9.78 Å². The molecule has 3 rings (SSSR count). The molecule has 144 valence electrons. The number of rotatable bonds is 7. The number of hydrogen-bond donors (Lipinski definition) is 1. The highest BCUT2D eigenvalue weighted by Gasteiger charge is 2.15. The van der Waals surface area contributed by atoms with Gasteiger partial charge in [-0.1, -0.05) is 11.6 Å². The summed E-state index contributed by atoms with van der Waals surface area (Å²) in [5, 5.41) is 0.508. The maximum absolute atomic E-state index is 12.9. The van der Waals surface area contributed by atoms with Crippen LogP contribution in [0.3, 0.4) is 0 Å². The Labute approximate surface area is 174 Å². The number of hydrogen-bond acceptors (Lipinski definition) is 5. The summed E-state index contributed by atoms with van der Waals surface area (Å²) in [4.78, 5) is 18.1. The fourth-order valence-corrected chi connectivity index (χ4v) is 3.37. The molecule has 0 atom stereocenters. The normalized spacial score (nSPS) is 10.8. The number of ether oxygens (including phenoxy) is 1. The lowest BCUT2D eigenvalue weighted by Gasteiger charge is -2.12. The van der Waals surface area contributed by atoms with E-state index in [1.807, 2.05) is 51.1 Å². The molecule has 0 amide bonds. The number of halogens is 1. The van der Waals surface area contributed by atoms with E-state index in [4.69, 9.17) is 16.3 Å². The van der Waals surface area contributed by atoms with Crippen molar-refractivity contribution in [2.24, 2.45) is 0 Å². The second-order valence-corrected chi connectivity index (χ2v) is 7.87. The predicted molar refractivity (Wildman–Crippen MR) is 116 cm³/mol. The number of nitrogens with one attached hydrogen (secondary N) is 1. The largest absolute Gasteiger partial charge is 0.491 e. The summed E-state index contributed by atoms with van der Waals surface area (Å²) in [5.41, 5.74) is 2.59. The van der Waals surface area contributed by atoms with Gasteiger partial charge in [-0.15, -0.1) is 0 Å². The highest BCUT2D eigenvalue weighted by Crippen LogP contribution is 2.29. The minimum absolute atomic E-state index is 0.126. The van der Waals surface area contributed by atoms with Crippen LogP contribution in [0.4, 0.5) is 5.69 Å². The number of benzene rings is 2. The highest BCUT2D eigenvalue weighted by atomic mass is 35.5. The molecule has 1 aromatic heterocycles. The van der Waals surface area contributed by atoms with E-state index in [0.717, 1.165) is 16.3 Å². The predicted octanol–water partition coefficient (Wildman–Crippen LogP) is 6.18. The third-order valence-electron chi connectivity index (χ3n) is 3.87. The summed E-state index contributed by atoms with van der Waals surface area (Å²) in [6, 6.07) is 16.6. The lowest BCUT2D eigenvalue weighted by atomic mass is 10.0. The molecule has 0 saturated carbocycles. The van der Waals surface area contributed by atoms with Crippen molar-refractivity contribution in [3.05, 3.63) is 82.6 Å². The zero-order chi connectivity index (χ0) is 20.1. The van der Waals surface area contributed by atoms with Crippen molar-refractivity contribution >= 4 is 35.0 Å². The molecule has 0 aliphatic rings. The van der Waals surface area contributed by atoms with Crippen LogP contribution in [-0.4, -0.2) is 16.9 Å². The molecule has 0 fully saturated rings. The minimum atomic E-state index is -0.126. The summed E-state index contributed by atoms with van der Waals surface area (Å²) >= 11 is 7.55. The molecule has 1 heterocycles. The first kappa shape index (κ1) is 20.2. The lowest BCUT2D eigenvalue weighted by Crippen LogP contribution is -2.06. The van der Waals surface area contributed by atoms with E-state index in [-0.39, 0.29) is 11.9 Å². The Hall–Kier alpha value is -2.50. The van der Waals surface area contributed by atoms with Gasteiger partial charge in [0.1, 0.15) is 5.75 Å². The third-order valence-corrected chi connectivity index (χ3v) is 4.94. The first-order chi connectivity index (χ1) is 13.4. The maximum Gasteiger partial charge on any atom is 0.196 e. The first-order valence-corrected chi connectivity index (χ1v) is 10.1. The Bertz CT molecular complexity index is 957. The molecule has 0 aliphatic carbocycles. The SMILES string of the molecule is Cc1ccc(C(=O)c2cc(Cl)ccc2NSc2ccc(OC(C)C)cc2)cn1. The van der Waals surface area contributed by atoms with Crippen LogP contribution >= 0.6 is 23.5 Å². The molecule has 28 heavy (non-hydrogen) atoms. The van der Waals surface area contributed by atoms with Gasteiger partial charge in [-0.25, -0.2) is 0 Å². The Morgan fingerprint density at radius 2 is 1.86 bits per heavy atom. The second-order valence-electron chi connectivity index (χ2n) is 6.55. The van der Waals surface area contributed by atoms with Crippen LogP contribution in [0.5, 0.6) is 5.75 Å². The molecule has 6 heteroatoms. The molecule has 2 aromatic carbocycles. The Morgan fingerprint density at radius 3 is 2.50 bits per heavy atom. The zero-order valence-corrected chi connectivity index (χ0v) is 17.5. The number of aromatic nitrogens is 1. The van der Waals surface area contributed by atoms with Gasteiger partial charge in [0.2, 0.25) is 0 Å². The summed E-state index contributed by atoms with van der Waals surface area (Å²) < 4.78 is 8.91. The second kappa shape index (κ2) is 9.13. The van der Waals surface area contributed by atoms with E-state index < -0.39 is 0 Å². The van der Waals surface area contributed by atoms with Crippen LogP contribution in [0, 0.1) is 6.92 Å². The van der Waals surface area contributed by atoms with Crippen LogP contribution < -0.4 is 9.46 Å². The number of nitrogens with zero attached hydrogens (tertiary/aromatic N) is 1. The van der Waals surface area contributed by atoms with Crippen molar-refractivity contribution in [1.82, 2.24) is 4.98 Å². The third kappa shape index (κ3) is 5.27. The molecule has 0 spiro atoms. The Kier molecular flexibility index (Phi) is 6.60. The smallest absolute Gasteiger partial charge is 0.196 e. The average Bonchev–Trinajstić information content (AvgIpc) is 2.68. The van der Waals surface area contributed by atoms with E-state index in [1.54, 1.807) is 30.5 Å².